The van der Waals surface area contributed by atoms with Crippen LogP contribution in [0.4, 0.5) is 0 Å². The Morgan fingerprint density at radius 2 is 1.88 bits per heavy atom. The molecule has 1 amide bonds. The van der Waals surface area contributed by atoms with Crippen LogP contribution in [0.25, 0.3) is 0 Å². The van der Waals surface area contributed by atoms with Gasteiger partial charge in [-0.3, -0.25) is 9.69 Å². The number of aryl methyl sites for hydroxylation is 1. The molecule has 0 radical (unpaired) electrons. The number of hydrogen-bond donors (Lipinski definition) is 0. The van der Waals surface area contributed by atoms with Gasteiger partial charge in [0.25, 0.3) is 0 Å². The summed E-state index contributed by atoms with van der Waals surface area (Å²) in [5.74, 6) is 1.60. The SMILES string of the molecule is Cc1ncc(CN2CCCN(C(=O)C3CC34CCCC4)CC2)cn1. The van der Waals surface area contributed by atoms with Crippen molar-refractivity contribution in [1.29, 1.82) is 0 Å². The number of aromatic nitrogens is 2. The van der Waals surface area contributed by atoms with Crippen LogP contribution in [0.5, 0.6) is 0 Å². The first-order valence-corrected chi connectivity index (χ1v) is 9.45. The van der Waals surface area contributed by atoms with E-state index in [1.165, 1.54) is 25.7 Å². The number of nitrogens with zero attached hydrogens (tertiary/aromatic N) is 4. The highest BCUT2D eigenvalue weighted by Crippen LogP contribution is 2.63. The fourth-order valence-electron chi connectivity index (χ4n) is 4.66. The molecule has 1 spiro atoms. The summed E-state index contributed by atoms with van der Waals surface area (Å²) in [7, 11) is 0. The summed E-state index contributed by atoms with van der Waals surface area (Å²) in [6.07, 6.45) is 11.3. The van der Waals surface area contributed by atoms with Gasteiger partial charge in [0.05, 0.1) is 0 Å². The Kier molecular flexibility index (Phi) is 4.29. The summed E-state index contributed by atoms with van der Waals surface area (Å²) < 4.78 is 0. The predicted molar refractivity (Wildman–Crippen MR) is 92.3 cm³/mol. The molecule has 2 heterocycles. The smallest absolute Gasteiger partial charge is 0.226 e. The molecule has 2 aliphatic carbocycles. The van der Waals surface area contributed by atoms with E-state index >= 15 is 0 Å². The lowest BCUT2D eigenvalue weighted by atomic mass is 10.0. The lowest BCUT2D eigenvalue weighted by molar-refractivity contribution is -0.133. The van der Waals surface area contributed by atoms with E-state index in [-0.39, 0.29) is 0 Å². The third-order valence-electron chi connectivity index (χ3n) is 6.23. The van der Waals surface area contributed by atoms with Crippen LogP contribution in [0, 0.1) is 18.3 Å². The lowest BCUT2D eigenvalue weighted by Crippen LogP contribution is -2.37. The normalized spacial score (nSPS) is 26.5. The van der Waals surface area contributed by atoms with Crippen LogP contribution < -0.4 is 0 Å². The maximum Gasteiger partial charge on any atom is 0.226 e. The van der Waals surface area contributed by atoms with Crippen LogP contribution in [-0.4, -0.2) is 51.9 Å². The van der Waals surface area contributed by atoms with E-state index < -0.39 is 0 Å². The molecule has 1 saturated heterocycles. The van der Waals surface area contributed by atoms with Gasteiger partial charge in [0.1, 0.15) is 5.82 Å². The van der Waals surface area contributed by atoms with Crippen LogP contribution in [0.15, 0.2) is 12.4 Å². The number of hydrogen-bond acceptors (Lipinski definition) is 4. The molecular formula is C19H28N4O. The first-order valence-electron chi connectivity index (χ1n) is 9.45. The van der Waals surface area contributed by atoms with E-state index in [2.05, 4.69) is 19.8 Å². The van der Waals surface area contributed by atoms with Gasteiger partial charge in [-0.15, -0.1) is 0 Å². The minimum atomic E-state index is 0.344. The first kappa shape index (κ1) is 16.0. The molecule has 0 aromatic carbocycles. The maximum atomic E-state index is 12.9. The Balaban J connectivity index is 1.31. The summed E-state index contributed by atoms with van der Waals surface area (Å²) in [6.45, 7) is 6.60. The first-order chi connectivity index (χ1) is 11.7. The van der Waals surface area contributed by atoms with Gasteiger partial charge in [0.2, 0.25) is 5.91 Å². The van der Waals surface area contributed by atoms with Gasteiger partial charge in [0, 0.05) is 56.6 Å². The minimum Gasteiger partial charge on any atom is -0.341 e. The third-order valence-corrected chi connectivity index (χ3v) is 6.23. The Labute approximate surface area is 144 Å². The zero-order valence-electron chi connectivity index (χ0n) is 14.7. The van der Waals surface area contributed by atoms with E-state index in [4.69, 9.17) is 0 Å². The largest absolute Gasteiger partial charge is 0.341 e. The Morgan fingerprint density at radius 1 is 1.12 bits per heavy atom. The van der Waals surface area contributed by atoms with Crippen LogP contribution in [0.2, 0.25) is 0 Å². The zero-order chi connectivity index (χ0) is 16.6. The molecule has 2 saturated carbocycles. The number of rotatable bonds is 3. The van der Waals surface area contributed by atoms with Crippen molar-refractivity contribution in [2.45, 2.75) is 52.0 Å². The van der Waals surface area contributed by atoms with E-state index in [0.717, 1.165) is 57.0 Å². The summed E-state index contributed by atoms with van der Waals surface area (Å²) >= 11 is 0. The molecule has 130 valence electrons. The zero-order valence-corrected chi connectivity index (χ0v) is 14.7. The molecule has 24 heavy (non-hydrogen) atoms. The van der Waals surface area contributed by atoms with Crippen LogP contribution in [0.1, 0.15) is 49.9 Å². The molecule has 1 unspecified atom stereocenters. The Bertz CT molecular complexity index is 594. The highest BCUT2D eigenvalue weighted by molar-refractivity contribution is 5.82. The van der Waals surface area contributed by atoms with Gasteiger partial charge in [0.15, 0.2) is 0 Å². The average molecular weight is 328 g/mol. The predicted octanol–water partition coefficient (Wildman–Crippen LogP) is 2.40. The fraction of sp³-hybridized carbons (Fsp3) is 0.737. The molecule has 1 aromatic heterocycles. The summed E-state index contributed by atoms with van der Waals surface area (Å²) in [4.78, 5) is 26.0. The standard InChI is InChI=1S/C19H28N4O/c1-15-20-12-16(13-21-15)14-22-7-4-8-23(10-9-22)18(24)17-11-19(17)5-2-3-6-19/h12-13,17H,2-11,14H2,1H3. The second kappa shape index (κ2) is 6.43. The van der Waals surface area contributed by atoms with Crippen molar-refractivity contribution >= 4 is 5.91 Å². The Morgan fingerprint density at radius 3 is 2.62 bits per heavy atom. The van der Waals surface area contributed by atoms with Crippen molar-refractivity contribution in [3.63, 3.8) is 0 Å². The monoisotopic (exact) mass is 328 g/mol. The topological polar surface area (TPSA) is 49.3 Å². The molecule has 1 aromatic rings. The van der Waals surface area contributed by atoms with E-state index in [1.54, 1.807) is 0 Å². The summed E-state index contributed by atoms with van der Waals surface area (Å²) in [5.41, 5.74) is 1.58. The molecule has 1 aliphatic heterocycles. The second-order valence-corrected chi connectivity index (χ2v) is 7.92. The van der Waals surface area contributed by atoms with E-state index in [0.29, 0.717) is 17.2 Å². The van der Waals surface area contributed by atoms with Crippen LogP contribution in [-0.2, 0) is 11.3 Å². The molecule has 3 fully saturated rings. The lowest BCUT2D eigenvalue weighted by Gasteiger charge is -2.23. The molecule has 0 N–H and O–H groups in total. The third kappa shape index (κ3) is 3.18. The van der Waals surface area contributed by atoms with Crippen molar-refractivity contribution in [2.75, 3.05) is 26.2 Å². The Hall–Kier alpha value is -1.49. The van der Waals surface area contributed by atoms with Crippen molar-refractivity contribution in [3.8, 4) is 0 Å². The summed E-state index contributed by atoms with van der Waals surface area (Å²) in [5, 5.41) is 0. The van der Waals surface area contributed by atoms with Gasteiger partial charge < -0.3 is 4.90 Å². The van der Waals surface area contributed by atoms with E-state index in [1.807, 2.05) is 19.3 Å². The van der Waals surface area contributed by atoms with Crippen molar-refractivity contribution in [1.82, 2.24) is 19.8 Å². The summed E-state index contributed by atoms with van der Waals surface area (Å²) in [6, 6.07) is 0. The molecule has 0 bridgehead atoms. The van der Waals surface area contributed by atoms with Crippen molar-refractivity contribution in [3.05, 3.63) is 23.8 Å². The number of carbonyl (C=O) groups is 1. The van der Waals surface area contributed by atoms with Crippen LogP contribution in [0.3, 0.4) is 0 Å². The molecule has 3 aliphatic rings. The van der Waals surface area contributed by atoms with E-state index in [9.17, 15) is 4.79 Å². The van der Waals surface area contributed by atoms with Gasteiger partial charge >= 0.3 is 0 Å². The second-order valence-electron chi connectivity index (χ2n) is 7.92. The number of amides is 1. The van der Waals surface area contributed by atoms with Gasteiger partial charge in [-0.05, 0) is 38.0 Å². The van der Waals surface area contributed by atoms with Crippen molar-refractivity contribution < 1.29 is 4.79 Å². The molecule has 5 heteroatoms. The molecular weight excluding hydrogens is 300 g/mol. The highest BCUT2D eigenvalue weighted by Gasteiger charge is 2.59. The van der Waals surface area contributed by atoms with Gasteiger partial charge in [-0.1, -0.05) is 12.8 Å². The van der Waals surface area contributed by atoms with Crippen LogP contribution >= 0.6 is 0 Å². The molecule has 1 atom stereocenters. The maximum absolute atomic E-state index is 12.9. The quantitative estimate of drug-likeness (QED) is 0.855. The minimum absolute atomic E-state index is 0.344. The van der Waals surface area contributed by atoms with Crippen molar-refractivity contribution in [2.24, 2.45) is 11.3 Å². The molecule has 4 rings (SSSR count). The van der Waals surface area contributed by atoms with Gasteiger partial charge in [-0.2, -0.15) is 0 Å². The number of carbonyl (C=O) groups excluding carboxylic acids is 1. The average Bonchev–Trinajstić information content (AvgIpc) is 3.17. The highest BCUT2D eigenvalue weighted by atomic mass is 16.2. The van der Waals surface area contributed by atoms with Gasteiger partial charge in [-0.25, -0.2) is 9.97 Å². The molecule has 5 nitrogen and oxygen atoms in total. The fourth-order valence-corrected chi connectivity index (χ4v) is 4.66.